The Morgan fingerprint density at radius 2 is 1.52 bits per heavy atom. The molecule has 0 N–H and O–H groups in total. The summed E-state index contributed by atoms with van der Waals surface area (Å²) in [5.74, 6) is -0.348. The Hall–Kier alpha value is -0.653. The minimum absolute atomic E-state index is 0.280. The van der Waals surface area contributed by atoms with Crippen molar-refractivity contribution < 1.29 is 18.4 Å². The summed E-state index contributed by atoms with van der Waals surface area (Å²) in [6, 6.07) is 0. The van der Waals surface area contributed by atoms with Crippen LogP contribution in [0.1, 0.15) is 72.6 Å². The maximum atomic E-state index is 12.0. The summed E-state index contributed by atoms with van der Waals surface area (Å²) in [7, 11) is -2.55. The van der Waals surface area contributed by atoms with Gasteiger partial charge in [0.25, 0.3) is 0 Å². The maximum Gasteiger partial charge on any atom is 0.377 e. The molecule has 0 heterocycles. The topological polar surface area (TPSA) is 44.8 Å². The zero-order valence-electron chi connectivity index (χ0n) is 15.8. The number of ether oxygens (including phenoxy) is 1. The highest BCUT2D eigenvalue weighted by molar-refractivity contribution is 6.67. The lowest BCUT2D eigenvalue weighted by Crippen LogP contribution is -2.53. The number of carbonyl (C=O) groups is 1. The molecule has 0 saturated carbocycles. The van der Waals surface area contributed by atoms with E-state index in [1.165, 1.54) is 25.7 Å². The van der Waals surface area contributed by atoms with Gasteiger partial charge in [0.2, 0.25) is 0 Å². The Kier molecular flexibility index (Phi) is 12.4. The van der Waals surface area contributed by atoms with Crippen LogP contribution in [-0.2, 0) is 18.4 Å². The van der Waals surface area contributed by atoms with E-state index < -0.39 is 8.56 Å². The first-order chi connectivity index (χ1) is 10.9. The van der Waals surface area contributed by atoms with Crippen LogP contribution in [0.25, 0.3) is 0 Å². The molecule has 0 rings (SSSR count). The first-order valence-corrected chi connectivity index (χ1v) is 11.4. The SMILES string of the molecule is C=C(C)C(=O)OC(CCCCCCCC)[Si](C)(OCC)OCC. The van der Waals surface area contributed by atoms with E-state index >= 15 is 0 Å². The lowest BCUT2D eigenvalue weighted by Gasteiger charge is -2.33. The maximum absolute atomic E-state index is 12.0. The summed E-state index contributed by atoms with van der Waals surface area (Å²) in [4.78, 5) is 12.0. The molecule has 0 aliphatic heterocycles. The van der Waals surface area contributed by atoms with Crippen molar-refractivity contribution in [2.45, 2.75) is 84.9 Å². The largest absolute Gasteiger partial charge is 0.457 e. The van der Waals surface area contributed by atoms with E-state index in [2.05, 4.69) is 13.5 Å². The number of esters is 1. The number of carbonyl (C=O) groups excluding carboxylic acids is 1. The van der Waals surface area contributed by atoms with Crippen LogP contribution in [0.3, 0.4) is 0 Å². The Morgan fingerprint density at radius 1 is 1.00 bits per heavy atom. The second-order valence-electron chi connectivity index (χ2n) is 6.11. The van der Waals surface area contributed by atoms with Gasteiger partial charge in [0.1, 0.15) is 5.73 Å². The number of hydrogen-bond acceptors (Lipinski definition) is 4. The molecule has 4 nitrogen and oxygen atoms in total. The van der Waals surface area contributed by atoms with Gasteiger partial charge in [-0.05, 0) is 40.2 Å². The molecule has 0 saturated heterocycles. The van der Waals surface area contributed by atoms with Gasteiger partial charge in [-0.25, -0.2) is 4.79 Å². The monoisotopic (exact) mass is 344 g/mol. The molecule has 0 aromatic heterocycles. The quantitative estimate of drug-likeness (QED) is 0.194. The van der Waals surface area contributed by atoms with Crippen molar-refractivity contribution in [1.82, 2.24) is 0 Å². The van der Waals surface area contributed by atoms with Crippen LogP contribution in [0, 0.1) is 0 Å². The van der Waals surface area contributed by atoms with Gasteiger partial charge in [0.15, 0.2) is 0 Å². The van der Waals surface area contributed by atoms with Crippen LogP contribution in [0.15, 0.2) is 12.2 Å². The van der Waals surface area contributed by atoms with Crippen LogP contribution in [-0.4, -0.2) is 33.5 Å². The van der Waals surface area contributed by atoms with Crippen LogP contribution in [0.4, 0.5) is 0 Å². The van der Waals surface area contributed by atoms with Crippen LogP contribution in [0.5, 0.6) is 0 Å². The van der Waals surface area contributed by atoms with Crippen LogP contribution < -0.4 is 0 Å². The number of rotatable bonds is 14. The Morgan fingerprint density at radius 3 is 2.00 bits per heavy atom. The van der Waals surface area contributed by atoms with E-state index in [1.807, 2.05) is 20.4 Å². The first-order valence-electron chi connectivity index (χ1n) is 9.05. The fraction of sp³-hybridized carbons (Fsp3) is 0.833. The summed E-state index contributed by atoms with van der Waals surface area (Å²) in [5, 5.41) is 0. The molecule has 0 aliphatic rings. The van der Waals surface area contributed by atoms with Crippen LogP contribution >= 0.6 is 0 Å². The predicted molar refractivity (Wildman–Crippen MR) is 97.6 cm³/mol. The molecule has 0 aromatic carbocycles. The molecule has 136 valence electrons. The minimum Gasteiger partial charge on any atom is -0.457 e. The zero-order valence-corrected chi connectivity index (χ0v) is 16.8. The average Bonchev–Trinajstić information content (AvgIpc) is 2.49. The van der Waals surface area contributed by atoms with Gasteiger partial charge in [0, 0.05) is 18.8 Å². The van der Waals surface area contributed by atoms with Gasteiger partial charge < -0.3 is 13.6 Å². The smallest absolute Gasteiger partial charge is 0.377 e. The third-order valence-corrected chi connectivity index (χ3v) is 7.16. The number of unbranched alkanes of at least 4 members (excludes halogenated alkanes) is 5. The van der Waals surface area contributed by atoms with Gasteiger partial charge in [-0.1, -0.05) is 45.6 Å². The normalized spacial score (nSPS) is 12.9. The standard InChI is InChI=1S/C18H36O4Si/c1-7-10-11-12-13-14-15-17(22-18(19)16(4)5)23(6,20-8-2)21-9-3/h17H,4,7-15H2,1-3,5-6H3. The number of hydrogen-bond donors (Lipinski definition) is 0. The lowest BCUT2D eigenvalue weighted by molar-refractivity contribution is -0.142. The molecule has 23 heavy (non-hydrogen) atoms. The summed E-state index contributed by atoms with van der Waals surface area (Å²) >= 11 is 0. The fourth-order valence-corrected chi connectivity index (χ4v) is 5.22. The Bertz CT molecular complexity index is 338. The second-order valence-corrected chi connectivity index (χ2v) is 9.37. The molecule has 1 unspecified atom stereocenters. The van der Waals surface area contributed by atoms with Gasteiger partial charge in [-0.15, -0.1) is 0 Å². The van der Waals surface area contributed by atoms with Crippen molar-refractivity contribution in [3.8, 4) is 0 Å². The summed E-state index contributed by atoms with van der Waals surface area (Å²) < 4.78 is 17.5. The molecule has 0 fully saturated rings. The molecule has 0 aliphatic carbocycles. The van der Waals surface area contributed by atoms with Crippen molar-refractivity contribution in [2.75, 3.05) is 13.2 Å². The van der Waals surface area contributed by atoms with Crippen molar-refractivity contribution >= 4 is 14.5 Å². The summed E-state index contributed by atoms with van der Waals surface area (Å²) in [5.41, 5.74) is 0.139. The summed E-state index contributed by atoms with van der Waals surface area (Å²) in [6.07, 6.45) is 8.03. The summed E-state index contributed by atoms with van der Waals surface area (Å²) in [6.45, 7) is 14.6. The molecule has 0 amide bonds. The molecule has 0 bridgehead atoms. The third kappa shape index (κ3) is 9.28. The second kappa shape index (κ2) is 12.7. The van der Waals surface area contributed by atoms with Gasteiger partial charge in [-0.3, -0.25) is 0 Å². The van der Waals surface area contributed by atoms with E-state index in [-0.39, 0.29) is 11.7 Å². The van der Waals surface area contributed by atoms with Crippen LogP contribution in [0.2, 0.25) is 6.55 Å². The van der Waals surface area contributed by atoms with Gasteiger partial charge >= 0.3 is 14.5 Å². The molecule has 0 aromatic rings. The highest BCUT2D eigenvalue weighted by Gasteiger charge is 2.43. The Labute approximate surface area is 143 Å². The zero-order chi connectivity index (χ0) is 17.7. The van der Waals surface area contributed by atoms with Crippen molar-refractivity contribution in [2.24, 2.45) is 0 Å². The fourth-order valence-electron chi connectivity index (χ4n) is 2.57. The molecular weight excluding hydrogens is 308 g/mol. The van der Waals surface area contributed by atoms with E-state index in [0.29, 0.717) is 18.8 Å². The van der Waals surface area contributed by atoms with E-state index in [1.54, 1.807) is 6.92 Å². The third-order valence-electron chi connectivity index (χ3n) is 3.86. The highest BCUT2D eigenvalue weighted by Crippen LogP contribution is 2.23. The van der Waals surface area contributed by atoms with Crippen molar-refractivity contribution in [3.05, 3.63) is 12.2 Å². The van der Waals surface area contributed by atoms with Gasteiger partial charge in [-0.2, -0.15) is 0 Å². The molecule has 5 heteroatoms. The molecule has 0 spiro atoms. The van der Waals surface area contributed by atoms with E-state index in [0.717, 1.165) is 19.3 Å². The highest BCUT2D eigenvalue weighted by atomic mass is 28.4. The average molecular weight is 345 g/mol. The Balaban J connectivity index is 4.71. The van der Waals surface area contributed by atoms with E-state index in [4.69, 9.17) is 13.6 Å². The molecule has 0 radical (unpaired) electrons. The molecular formula is C18H36O4Si. The predicted octanol–water partition coefficient (Wildman–Crippen LogP) is 4.91. The van der Waals surface area contributed by atoms with Gasteiger partial charge in [0.05, 0.1) is 0 Å². The lowest BCUT2D eigenvalue weighted by atomic mass is 10.1. The van der Waals surface area contributed by atoms with Crippen molar-refractivity contribution in [1.29, 1.82) is 0 Å². The molecule has 1 atom stereocenters. The minimum atomic E-state index is -2.55. The first kappa shape index (κ1) is 22.3. The van der Waals surface area contributed by atoms with E-state index in [9.17, 15) is 4.79 Å². The van der Waals surface area contributed by atoms with Crippen molar-refractivity contribution in [3.63, 3.8) is 0 Å².